The summed E-state index contributed by atoms with van der Waals surface area (Å²) >= 11 is 4.83. The number of terminal acetylenes is 1. The van der Waals surface area contributed by atoms with Gasteiger partial charge in [0.15, 0.2) is 16.5 Å². The van der Waals surface area contributed by atoms with Crippen LogP contribution in [0.25, 0.3) is 22.1 Å². The highest BCUT2D eigenvalue weighted by Gasteiger charge is 2.13. The number of halogens is 1. The number of benzene rings is 2. The van der Waals surface area contributed by atoms with Gasteiger partial charge in [0.05, 0.1) is 27.1 Å². The summed E-state index contributed by atoms with van der Waals surface area (Å²) in [5.74, 6) is 3.49. The Kier molecular flexibility index (Phi) is 4.60. The van der Waals surface area contributed by atoms with Crippen molar-refractivity contribution in [3.05, 3.63) is 61.3 Å². The third-order valence-corrected chi connectivity index (χ3v) is 5.55. The molecule has 4 rings (SSSR count). The van der Waals surface area contributed by atoms with Gasteiger partial charge >= 0.3 is 0 Å². The Bertz CT molecular complexity index is 1320. The number of imidazole rings is 1. The summed E-state index contributed by atoms with van der Waals surface area (Å²) < 4.78 is 13.9. The molecule has 0 amide bonds. The first kappa shape index (κ1) is 17.6. The summed E-state index contributed by atoms with van der Waals surface area (Å²) in [6.07, 6.45) is 7.07. The lowest BCUT2D eigenvalue weighted by molar-refractivity contribution is 0.329. The van der Waals surface area contributed by atoms with Gasteiger partial charge in [0, 0.05) is 0 Å². The molecule has 0 unspecified atom stereocenters. The summed E-state index contributed by atoms with van der Waals surface area (Å²) in [5, 5.41) is 0. The molecule has 0 aliphatic heterocycles. The Morgan fingerprint density at radius 1 is 1.37 bits per heavy atom. The third-order valence-electron chi connectivity index (χ3n) is 3.99. The van der Waals surface area contributed by atoms with E-state index in [2.05, 4.69) is 26.8 Å². The van der Waals surface area contributed by atoms with Crippen molar-refractivity contribution in [3.8, 4) is 23.8 Å². The van der Waals surface area contributed by atoms with Gasteiger partial charge in [0.25, 0.3) is 5.56 Å². The molecule has 7 heteroatoms. The van der Waals surface area contributed by atoms with Gasteiger partial charge in [-0.15, -0.1) is 6.42 Å². The Hall–Kier alpha value is -2.82. The van der Waals surface area contributed by atoms with Gasteiger partial charge in [-0.3, -0.25) is 4.79 Å². The number of hydrogen-bond acceptors (Lipinski definition) is 5. The van der Waals surface area contributed by atoms with E-state index in [0.29, 0.717) is 25.5 Å². The molecular weight excluding hydrogens is 428 g/mol. The van der Waals surface area contributed by atoms with Crippen molar-refractivity contribution in [2.75, 3.05) is 13.7 Å². The summed E-state index contributed by atoms with van der Waals surface area (Å²) in [6.45, 7) is 0.137. The third kappa shape index (κ3) is 3.07. The number of para-hydroxylation sites is 2. The lowest BCUT2D eigenvalue weighted by atomic mass is 10.2. The normalized spacial score (nSPS) is 11.8. The standard InChI is InChI=1S/C20H13BrN2O3S/c1-3-8-26-18-13(21)9-12(10-16(18)25-2)11-17-19(24)23-15-7-5-4-6-14(15)22-20(23)27-17/h1,4-7,9-11H,8H2,2H3/b17-11-. The lowest BCUT2D eigenvalue weighted by Crippen LogP contribution is -2.22. The minimum absolute atomic E-state index is 0.0913. The van der Waals surface area contributed by atoms with Crippen LogP contribution >= 0.6 is 27.3 Å². The highest BCUT2D eigenvalue weighted by Crippen LogP contribution is 2.36. The fraction of sp³-hybridized carbons (Fsp3) is 0.100. The lowest BCUT2D eigenvalue weighted by Gasteiger charge is -2.11. The van der Waals surface area contributed by atoms with E-state index >= 15 is 0 Å². The van der Waals surface area contributed by atoms with Gasteiger partial charge in [-0.2, -0.15) is 0 Å². The monoisotopic (exact) mass is 440 g/mol. The molecule has 0 bridgehead atoms. The van der Waals surface area contributed by atoms with Crippen molar-refractivity contribution in [2.45, 2.75) is 0 Å². The first-order chi connectivity index (χ1) is 13.1. The first-order valence-corrected chi connectivity index (χ1v) is 9.59. The van der Waals surface area contributed by atoms with E-state index in [4.69, 9.17) is 15.9 Å². The number of nitrogens with zero attached hydrogens (tertiary/aromatic N) is 2. The second-order valence-electron chi connectivity index (χ2n) is 5.66. The Morgan fingerprint density at radius 2 is 2.19 bits per heavy atom. The Balaban J connectivity index is 1.86. The average Bonchev–Trinajstić information content (AvgIpc) is 3.17. The van der Waals surface area contributed by atoms with Crippen LogP contribution in [-0.2, 0) is 0 Å². The molecular formula is C20H13BrN2O3S. The number of thiazole rings is 1. The molecule has 0 atom stereocenters. The highest BCUT2D eigenvalue weighted by atomic mass is 79.9. The molecule has 0 fully saturated rings. The molecule has 0 spiro atoms. The number of ether oxygens (including phenoxy) is 2. The number of hydrogen-bond donors (Lipinski definition) is 0. The van der Waals surface area contributed by atoms with Crippen LogP contribution in [0.5, 0.6) is 11.5 Å². The van der Waals surface area contributed by atoms with Crippen LogP contribution in [0.2, 0.25) is 0 Å². The van der Waals surface area contributed by atoms with Gasteiger partial charge in [-0.05, 0) is 51.8 Å². The predicted octanol–water partition coefficient (Wildman–Crippen LogP) is 3.24. The highest BCUT2D eigenvalue weighted by molar-refractivity contribution is 9.10. The van der Waals surface area contributed by atoms with Crippen molar-refractivity contribution < 1.29 is 9.47 Å². The smallest absolute Gasteiger partial charge is 0.274 e. The Labute approximate surface area is 167 Å². The van der Waals surface area contributed by atoms with E-state index in [1.165, 1.54) is 11.3 Å². The average molecular weight is 441 g/mol. The second kappa shape index (κ2) is 7.06. The molecule has 5 nitrogen and oxygen atoms in total. The zero-order chi connectivity index (χ0) is 19.0. The van der Waals surface area contributed by atoms with E-state index in [9.17, 15) is 4.79 Å². The van der Waals surface area contributed by atoms with E-state index in [-0.39, 0.29) is 12.2 Å². The Morgan fingerprint density at radius 3 is 2.96 bits per heavy atom. The fourth-order valence-corrected chi connectivity index (χ4v) is 4.40. The number of fused-ring (bicyclic) bond motifs is 3. The van der Waals surface area contributed by atoms with Gasteiger partial charge in [0.2, 0.25) is 0 Å². The quantitative estimate of drug-likeness (QED) is 0.457. The van der Waals surface area contributed by atoms with Crippen molar-refractivity contribution in [1.82, 2.24) is 9.38 Å². The van der Waals surface area contributed by atoms with E-state index in [0.717, 1.165) is 16.6 Å². The van der Waals surface area contributed by atoms with Gasteiger partial charge < -0.3 is 9.47 Å². The molecule has 0 saturated heterocycles. The fourth-order valence-electron chi connectivity index (χ4n) is 2.84. The first-order valence-electron chi connectivity index (χ1n) is 7.98. The molecule has 4 aromatic rings. The van der Waals surface area contributed by atoms with Crippen molar-refractivity contribution in [1.29, 1.82) is 0 Å². The summed E-state index contributed by atoms with van der Waals surface area (Å²) in [6, 6.07) is 11.3. The SMILES string of the molecule is C#CCOc1c(Br)cc(/C=c2\sc3nc4ccccc4n3c2=O)cc1OC. The van der Waals surface area contributed by atoms with Crippen molar-refractivity contribution >= 4 is 49.3 Å². The molecule has 0 N–H and O–H groups in total. The van der Waals surface area contributed by atoms with Crippen LogP contribution in [-0.4, -0.2) is 23.1 Å². The number of aromatic nitrogens is 2. The molecule has 2 heterocycles. The number of methoxy groups -OCH3 is 1. The van der Waals surface area contributed by atoms with Crippen molar-refractivity contribution in [3.63, 3.8) is 0 Å². The zero-order valence-corrected chi connectivity index (χ0v) is 16.6. The summed E-state index contributed by atoms with van der Waals surface area (Å²) in [4.78, 5) is 18.1. The van der Waals surface area contributed by atoms with E-state index in [1.807, 2.05) is 36.4 Å². The van der Waals surface area contributed by atoms with Gasteiger partial charge in [-0.1, -0.05) is 29.4 Å². The maximum atomic E-state index is 12.9. The molecule has 0 radical (unpaired) electrons. The van der Waals surface area contributed by atoms with Crippen LogP contribution < -0.4 is 19.6 Å². The van der Waals surface area contributed by atoms with Crippen molar-refractivity contribution in [2.24, 2.45) is 0 Å². The molecule has 0 aliphatic carbocycles. The summed E-state index contributed by atoms with van der Waals surface area (Å²) in [7, 11) is 1.55. The molecule has 2 aromatic heterocycles. The van der Waals surface area contributed by atoms with Crippen LogP contribution in [0.3, 0.4) is 0 Å². The van der Waals surface area contributed by atoms with E-state index in [1.54, 1.807) is 17.6 Å². The molecule has 0 saturated carbocycles. The van der Waals surface area contributed by atoms with Crippen LogP contribution in [0.1, 0.15) is 5.56 Å². The maximum Gasteiger partial charge on any atom is 0.274 e. The maximum absolute atomic E-state index is 12.9. The zero-order valence-electron chi connectivity index (χ0n) is 14.2. The van der Waals surface area contributed by atoms with E-state index < -0.39 is 0 Å². The van der Waals surface area contributed by atoms with Gasteiger partial charge in [0.1, 0.15) is 6.61 Å². The van der Waals surface area contributed by atoms with Crippen LogP contribution in [0.4, 0.5) is 0 Å². The largest absolute Gasteiger partial charge is 0.493 e. The molecule has 27 heavy (non-hydrogen) atoms. The topological polar surface area (TPSA) is 52.8 Å². The van der Waals surface area contributed by atoms with Crippen LogP contribution in [0, 0.1) is 12.3 Å². The minimum Gasteiger partial charge on any atom is -0.493 e. The molecule has 0 aliphatic rings. The number of rotatable bonds is 4. The minimum atomic E-state index is -0.0913. The summed E-state index contributed by atoms with van der Waals surface area (Å²) in [5.41, 5.74) is 2.33. The predicted molar refractivity (Wildman–Crippen MR) is 111 cm³/mol. The van der Waals surface area contributed by atoms with Gasteiger partial charge in [-0.25, -0.2) is 9.38 Å². The van der Waals surface area contributed by atoms with Crippen LogP contribution in [0.15, 0.2) is 45.7 Å². The second-order valence-corrected chi connectivity index (χ2v) is 7.52. The molecule has 2 aromatic carbocycles. The molecule has 134 valence electrons.